The van der Waals surface area contributed by atoms with Crippen LogP contribution >= 0.6 is 0 Å². The molecule has 6 heteroatoms. The molecule has 2 aromatic rings. The fraction of sp³-hybridized carbons (Fsp3) is 0.500. The van der Waals surface area contributed by atoms with Gasteiger partial charge in [0.05, 0.1) is 13.2 Å². The molecule has 0 aliphatic carbocycles. The highest BCUT2D eigenvalue weighted by Crippen LogP contribution is 2.14. The molecule has 0 atom stereocenters. The maximum absolute atomic E-state index is 5.48. The lowest BCUT2D eigenvalue weighted by Gasteiger charge is -2.27. The van der Waals surface area contributed by atoms with Gasteiger partial charge in [0.25, 0.3) is 0 Å². The Morgan fingerprint density at radius 2 is 1.47 bits per heavy atom. The van der Waals surface area contributed by atoms with Gasteiger partial charge in [0.1, 0.15) is 0 Å². The lowest BCUT2D eigenvalue weighted by atomic mass is 10.1. The number of hydrogen-bond acceptors (Lipinski definition) is 4. The molecule has 1 aliphatic heterocycles. The van der Waals surface area contributed by atoms with Crippen LogP contribution in [0.4, 0.5) is 0 Å². The van der Waals surface area contributed by atoms with Gasteiger partial charge in [-0.2, -0.15) is 0 Å². The quantitative estimate of drug-likeness (QED) is 0.466. The van der Waals surface area contributed by atoms with E-state index in [0.29, 0.717) is 6.04 Å². The predicted molar refractivity (Wildman–Crippen MR) is 133 cm³/mol. The van der Waals surface area contributed by atoms with Gasteiger partial charge in [-0.05, 0) is 43.1 Å². The molecule has 2 aromatic carbocycles. The Labute approximate surface area is 193 Å². The molecule has 1 fully saturated rings. The molecule has 0 spiro atoms. The third-order valence-corrected chi connectivity index (χ3v) is 6.15. The van der Waals surface area contributed by atoms with Gasteiger partial charge in [-0.25, -0.2) is 0 Å². The zero-order valence-electron chi connectivity index (χ0n) is 20.1. The Morgan fingerprint density at radius 1 is 0.938 bits per heavy atom. The van der Waals surface area contributed by atoms with Crippen molar-refractivity contribution in [2.45, 2.75) is 46.1 Å². The lowest BCUT2D eigenvalue weighted by molar-refractivity contribution is 0.0341. The molecule has 0 saturated carbocycles. The number of nitrogens with one attached hydrogen (secondary N) is 2. The number of ether oxygens (including phenoxy) is 1. The first kappa shape index (κ1) is 24.2. The second-order valence-electron chi connectivity index (χ2n) is 8.71. The second-order valence-corrected chi connectivity index (χ2v) is 8.71. The van der Waals surface area contributed by atoms with Crippen molar-refractivity contribution in [1.29, 1.82) is 0 Å². The molecule has 0 amide bonds. The number of benzene rings is 2. The molecule has 0 aromatic heterocycles. The van der Waals surface area contributed by atoms with Crippen molar-refractivity contribution in [1.82, 2.24) is 20.4 Å². The Hall–Kier alpha value is -2.41. The molecule has 3 rings (SSSR count). The summed E-state index contributed by atoms with van der Waals surface area (Å²) in [5, 5.41) is 6.99. The highest BCUT2D eigenvalue weighted by atomic mass is 16.5. The summed E-state index contributed by atoms with van der Waals surface area (Å²) in [6.07, 6.45) is 0. The average Bonchev–Trinajstić information content (AvgIpc) is 2.81. The van der Waals surface area contributed by atoms with Crippen LogP contribution in [0.1, 0.15) is 36.1 Å². The van der Waals surface area contributed by atoms with Gasteiger partial charge in [-0.15, -0.1) is 0 Å². The second kappa shape index (κ2) is 12.6. The van der Waals surface area contributed by atoms with E-state index in [9.17, 15) is 0 Å². The molecular weight excluding hydrogens is 398 g/mol. The summed E-state index contributed by atoms with van der Waals surface area (Å²) in [4.78, 5) is 9.26. The summed E-state index contributed by atoms with van der Waals surface area (Å²) in [6.45, 7) is 11.5. The van der Waals surface area contributed by atoms with Crippen molar-refractivity contribution in [2.75, 3.05) is 40.4 Å². The Balaban J connectivity index is 1.56. The molecule has 6 nitrogen and oxygen atoms in total. The number of morpholine rings is 1. The van der Waals surface area contributed by atoms with Crippen LogP contribution in [0.2, 0.25) is 0 Å². The molecule has 32 heavy (non-hydrogen) atoms. The van der Waals surface area contributed by atoms with Gasteiger partial charge in [-0.1, -0.05) is 48.5 Å². The minimum Gasteiger partial charge on any atom is -0.379 e. The van der Waals surface area contributed by atoms with E-state index in [-0.39, 0.29) is 0 Å². The van der Waals surface area contributed by atoms with Crippen LogP contribution in [-0.4, -0.2) is 62.2 Å². The van der Waals surface area contributed by atoms with Crippen LogP contribution in [0, 0.1) is 0 Å². The van der Waals surface area contributed by atoms with E-state index in [1.165, 1.54) is 22.3 Å². The third kappa shape index (κ3) is 7.33. The summed E-state index contributed by atoms with van der Waals surface area (Å²) in [5.74, 6) is 0.818. The van der Waals surface area contributed by atoms with Crippen molar-refractivity contribution in [3.8, 4) is 0 Å². The smallest absolute Gasteiger partial charge is 0.191 e. The van der Waals surface area contributed by atoms with Gasteiger partial charge < -0.3 is 15.4 Å². The largest absolute Gasteiger partial charge is 0.379 e. The van der Waals surface area contributed by atoms with Crippen molar-refractivity contribution in [3.63, 3.8) is 0 Å². The van der Waals surface area contributed by atoms with Crippen molar-refractivity contribution < 1.29 is 4.74 Å². The molecule has 1 saturated heterocycles. The summed E-state index contributed by atoms with van der Waals surface area (Å²) in [7, 11) is 4.00. The fourth-order valence-electron chi connectivity index (χ4n) is 3.80. The summed E-state index contributed by atoms with van der Waals surface area (Å²) < 4.78 is 5.48. The lowest BCUT2D eigenvalue weighted by Crippen LogP contribution is -2.38. The Bertz CT molecular complexity index is 861. The van der Waals surface area contributed by atoms with Crippen molar-refractivity contribution in [3.05, 3.63) is 70.8 Å². The van der Waals surface area contributed by atoms with E-state index in [1.807, 2.05) is 7.05 Å². The fourth-order valence-corrected chi connectivity index (χ4v) is 3.80. The molecular formula is C26H39N5O. The monoisotopic (exact) mass is 437 g/mol. The van der Waals surface area contributed by atoms with Crippen LogP contribution < -0.4 is 10.6 Å². The molecule has 1 aliphatic rings. The van der Waals surface area contributed by atoms with Crippen LogP contribution in [0.25, 0.3) is 0 Å². The van der Waals surface area contributed by atoms with Gasteiger partial charge >= 0.3 is 0 Å². The van der Waals surface area contributed by atoms with E-state index in [1.54, 1.807) is 0 Å². The minimum atomic E-state index is 0.517. The number of rotatable bonds is 9. The topological polar surface area (TPSA) is 52.1 Å². The first-order valence-corrected chi connectivity index (χ1v) is 11.6. The Morgan fingerprint density at radius 3 is 2.03 bits per heavy atom. The molecule has 2 N–H and O–H groups in total. The molecule has 0 radical (unpaired) electrons. The molecule has 0 bridgehead atoms. The van der Waals surface area contributed by atoms with Crippen molar-refractivity contribution >= 4 is 5.96 Å². The highest BCUT2D eigenvalue weighted by Gasteiger charge is 2.13. The summed E-state index contributed by atoms with van der Waals surface area (Å²) >= 11 is 0. The first-order valence-electron chi connectivity index (χ1n) is 11.6. The standard InChI is InChI=1S/C26H39N5O/c1-21(2)30(4)19-24-11-7-5-9-22(24)17-28-26(27-3)29-18-23-10-6-8-12-25(23)20-31-13-15-32-16-14-31/h5-12,21H,13-20H2,1-4H3,(H2,27,28,29). The zero-order valence-corrected chi connectivity index (χ0v) is 20.1. The summed E-state index contributed by atoms with van der Waals surface area (Å²) in [6, 6.07) is 17.8. The van der Waals surface area contributed by atoms with Crippen LogP contribution in [0.15, 0.2) is 53.5 Å². The maximum atomic E-state index is 5.48. The Kier molecular flexibility index (Phi) is 9.53. The van der Waals surface area contributed by atoms with E-state index in [2.05, 4.69) is 94.9 Å². The molecule has 0 unspecified atom stereocenters. The van der Waals surface area contributed by atoms with Crippen LogP contribution in [0.5, 0.6) is 0 Å². The van der Waals surface area contributed by atoms with Gasteiger partial charge in [0, 0.05) is 52.4 Å². The van der Waals surface area contributed by atoms with E-state index >= 15 is 0 Å². The summed E-state index contributed by atoms with van der Waals surface area (Å²) in [5.41, 5.74) is 5.32. The van der Waals surface area contributed by atoms with E-state index in [4.69, 9.17) is 4.74 Å². The van der Waals surface area contributed by atoms with Gasteiger partial charge in [-0.3, -0.25) is 14.8 Å². The number of aliphatic imine (C=N–C) groups is 1. The van der Waals surface area contributed by atoms with Gasteiger partial charge in [0.2, 0.25) is 0 Å². The predicted octanol–water partition coefficient (Wildman–Crippen LogP) is 3.22. The van der Waals surface area contributed by atoms with Crippen molar-refractivity contribution in [2.24, 2.45) is 4.99 Å². The number of hydrogen-bond donors (Lipinski definition) is 2. The number of nitrogens with zero attached hydrogens (tertiary/aromatic N) is 3. The SMILES string of the molecule is CN=C(NCc1ccccc1CN1CCOCC1)NCc1ccccc1CN(C)C(C)C. The highest BCUT2D eigenvalue weighted by molar-refractivity contribution is 5.79. The number of guanidine groups is 1. The minimum absolute atomic E-state index is 0.517. The van der Waals surface area contributed by atoms with Gasteiger partial charge in [0.15, 0.2) is 5.96 Å². The maximum Gasteiger partial charge on any atom is 0.191 e. The normalized spacial score (nSPS) is 15.4. The van der Waals surface area contributed by atoms with E-state index in [0.717, 1.165) is 58.4 Å². The first-order chi connectivity index (χ1) is 15.6. The van der Waals surface area contributed by atoms with Crippen LogP contribution in [0.3, 0.4) is 0 Å². The van der Waals surface area contributed by atoms with Crippen LogP contribution in [-0.2, 0) is 30.9 Å². The molecule has 1 heterocycles. The zero-order chi connectivity index (χ0) is 22.8. The van der Waals surface area contributed by atoms with E-state index < -0.39 is 0 Å². The molecule has 174 valence electrons. The average molecular weight is 438 g/mol. The third-order valence-electron chi connectivity index (χ3n) is 6.15.